The average Bonchev–Trinajstić information content (AvgIpc) is 2.76. The maximum absolute atomic E-state index is 13.0. The molecule has 0 aromatic heterocycles. The van der Waals surface area contributed by atoms with Gasteiger partial charge < -0.3 is 10.6 Å². The van der Waals surface area contributed by atoms with Crippen LogP contribution < -0.4 is 10.6 Å². The van der Waals surface area contributed by atoms with Gasteiger partial charge in [0, 0.05) is 18.2 Å². The first kappa shape index (κ1) is 16.0. The van der Waals surface area contributed by atoms with E-state index in [2.05, 4.69) is 19.1 Å². The number of nitrogens with two attached hydrogens (primary N) is 1. The molecule has 0 radical (unpaired) electrons. The number of anilines is 1. The lowest BCUT2D eigenvalue weighted by Gasteiger charge is -2.27. The molecule has 3 nitrogen and oxygen atoms in total. The Morgan fingerprint density at radius 1 is 1.24 bits per heavy atom. The summed E-state index contributed by atoms with van der Waals surface area (Å²) in [6, 6.07) is 8.24. The molecule has 0 heterocycles. The molecule has 0 unspecified atom stereocenters. The smallest absolute Gasteiger partial charge is 0.230 e. The Bertz CT molecular complexity index is 450. The molecule has 2 rings (SSSR count). The van der Waals surface area contributed by atoms with Crippen molar-refractivity contribution in [1.82, 2.24) is 0 Å². The number of aryl methyl sites for hydroxylation is 1. The van der Waals surface area contributed by atoms with Gasteiger partial charge in [0.2, 0.25) is 5.91 Å². The first-order valence-electron chi connectivity index (χ1n) is 8.30. The van der Waals surface area contributed by atoms with Crippen molar-refractivity contribution in [3.63, 3.8) is 0 Å². The van der Waals surface area contributed by atoms with E-state index >= 15 is 0 Å². The van der Waals surface area contributed by atoms with Gasteiger partial charge in [0.15, 0.2) is 0 Å². The second-order valence-corrected chi connectivity index (χ2v) is 6.16. The van der Waals surface area contributed by atoms with E-state index in [-0.39, 0.29) is 5.92 Å². The predicted molar refractivity (Wildman–Crippen MR) is 88.4 cm³/mol. The van der Waals surface area contributed by atoms with E-state index in [1.165, 1.54) is 31.2 Å². The van der Waals surface area contributed by atoms with Gasteiger partial charge in [0.05, 0.1) is 0 Å². The fourth-order valence-electron chi connectivity index (χ4n) is 3.16. The molecule has 3 heteroatoms. The highest BCUT2D eigenvalue weighted by molar-refractivity contribution is 5.95. The Balaban J connectivity index is 2.15. The van der Waals surface area contributed by atoms with E-state index in [9.17, 15) is 4.79 Å². The SMILES string of the molecule is Cc1cccc(N(CCCN)C(=O)C2CCCCCC2)c1. The zero-order chi connectivity index (χ0) is 15.1. The van der Waals surface area contributed by atoms with E-state index < -0.39 is 0 Å². The molecule has 0 aliphatic heterocycles. The van der Waals surface area contributed by atoms with E-state index in [4.69, 9.17) is 5.73 Å². The number of carbonyl (C=O) groups is 1. The van der Waals surface area contributed by atoms with Crippen molar-refractivity contribution in [2.24, 2.45) is 11.7 Å². The van der Waals surface area contributed by atoms with Crippen LogP contribution in [0, 0.1) is 12.8 Å². The minimum absolute atomic E-state index is 0.200. The molecule has 0 bridgehead atoms. The number of rotatable bonds is 5. The highest BCUT2D eigenvalue weighted by atomic mass is 16.2. The van der Waals surface area contributed by atoms with Crippen LogP contribution in [-0.2, 0) is 4.79 Å². The van der Waals surface area contributed by atoms with Gasteiger partial charge in [-0.25, -0.2) is 0 Å². The maximum Gasteiger partial charge on any atom is 0.230 e. The molecular weight excluding hydrogens is 260 g/mol. The van der Waals surface area contributed by atoms with Crippen LogP contribution in [0.25, 0.3) is 0 Å². The van der Waals surface area contributed by atoms with Crippen LogP contribution in [-0.4, -0.2) is 19.0 Å². The molecule has 1 amide bonds. The summed E-state index contributed by atoms with van der Waals surface area (Å²) >= 11 is 0. The van der Waals surface area contributed by atoms with E-state index in [1.54, 1.807) is 0 Å². The minimum Gasteiger partial charge on any atom is -0.330 e. The Kier molecular flexibility index (Phi) is 6.24. The van der Waals surface area contributed by atoms with Gasteiger partial charge in [-0.2, -0.15) is 0 Å². The van der Waals surface area contributed by atoms with Crippen LogP contribution in [0.1, 0.15) is 50.5 Å². The van der Waals surface area contributed by atoms with Crippen LogP contribution in [0.15, 0.2) is 24.3 Å². The second kappa shape index (κ2) is 8.18. The molecule has 1 aliphatic carbocycles. The summed E-state index contributed by atoms with van der Waals surface area (Å²) in [5.74, 6) is 0.502. The van der Waals surface area contributed by atoms with Crippen LogP contribution >= 0.6 is 0 Å². The lowest BCUT2D eigenvalue weighted by molar-refractivity contribution is -0.122. The largest absolute Gasteiger partial charge is 0.330 e. The summed E-state index contributed by atoms with van der Waals surface area (Å²) in [4.78, 5) is 14.9. The summed E-state index contributed by atoms with van der Waals surface area (Å²) in [6.07, 6.45) is 7.87. The van der Waals surface area contributed by atoms with Crippen molar-refractivity contribution in [2.75, 3.05) is 18.0 Å². The topological polar surface area (TPSA) is 46.3 Å². The van der Waals surface area contributed by atoms with Gasteiger partial charge in [0.1, 0.15) is 0 Å². The van der Waals surface area contributed by atoms with Crippen LogP contribution in [0.3, 0.4) is 0 Å². The van der Waals surface area contributed by atoms with Crippen molar-refractivity contribution in [3.8, 4) is 0 Å². The van der Waals surface area contributed by atoms with Crippen LogP contribution in [0.4, 0.5) is 5.69 Å². The molecule has 0 spiro atoms. The summed E-state index contributed by atoms with van der Waals surface area (Å²) in [5, 5.41) is 0. The van der Waals surface area contributed by atoms with Crippen molar-refractivity contribution in [2.45, 2.75) is 51.9 Å². The Morgan fingerprint density at radius 3 is 2.57 bits per heavy atom. The summed E-state index contributed by atoms with van der Waals surface area (Å²) in [6.45, 7) is 3.43. The van der Waals surface area contributed by atoms with Gasteiger partial charge >= 0.3 is 0 Å². The normalized spacial score (nSPS) is 16.5. The van der Waals surface area contributed by atoms with Crippen LogP contribution in [0.2, 0.25) is 0 Å². The molecular formula is C18H28N2O. The average molecular weight is 288 g/mol. The van der Waals surface area contributed by atoms with E-state index in [1.807, 2.05) is 17.0 Å². The lowest BCUT2D eigenvalue weighted by atomic mass is 9.98. The number of nitrogens with zero attached hydrogens (tertiary/aromatic N) is 1. The molecule has 0 atom stereocenters. The monoisotopic (exact) mass is 288 g/mol. The van der Waals surface area contributed by atoms with Gasteiger partial charge in [0.25, 0.3) is 0 Å². The zero-order valence-corrected chi connectivity index (χ0v) is 13.2. The first-order chi connectivity index (χ1) is 10.2. The summed E-state index contributed by atoms with van der Waals surface area (Å²) in [5.41, 5.74) is 7.87. The van der Waals surface area contributed by atoms with Gasteiger partial charge in [-0.05, 0) is 50.4 Å². The van der Waals surface area contributed by atoms with Gasteiger partial charge in [-0.3, -0.25) is 4.79 Å². The fraction of sp³-hybridized carbons (Fsp3) is 0.611. The summed E-state index contributed by atoms with van der Waals surface area (Å²) in [7, 11) is 0. The second-order valence-electron chi connectivity index (χ2n) is 6.16. The molecule has 1 aromatic rings. The van der Waals surface area contributed by atoms with Crippen molar-refractivity contribution < 1.29 is 4.79 Å². The van der Waals surface area contributed by atoms with Gasteiger partial charge in [-0.1, -0.05) is 37.8 Å². The van der Waals surface area contributed by atoms with Gasteiger partial charge in [-0.15, -0.1) is 0 Å². The summed E-state index contributed by atoms with van der Waals surface area (Å²) < 4.78 is 0. The van der Waals surface area contributed by atoms with Crippen molar-refractivity contribution in [1.29, 1.82) is 0 Å². The van der Waals surface area contributed by atoms with Crippen LogP contribution in [0.5, 0.6) is 0 Å². The fourth-order valence-corrected chi connectivity index (χ4v) is 3.16. The maximum atomic E-state index is 13.0. The third kappa shape index (κ3) is 4.57. The highest BCUT2D eigenvalue weighted by Crippen LogP contribution is 2.27. The molecule has 21 heavy (non-hydrogen) atoms. The number of amides is 1. The van der Waals surface area contributed by atoms with Crippen molar-refractivity contribution in [3.05, 3.63) is 29.8 Å². The lowest BCUT2D eigenvalue weighted by Crippen LogP contribution is -2.37. The Morgan fingerprint density at radius 2 is 1.95 bits per heavy atom. The zero-order valence-electron chi connectivity index (χ0n) is 13.2. The van der Waals surface area contributed by atoms with E-state index in [0.29, 0.717) is 12.5 Å². The highest BCUT2D eigenvalue weighted by Gasteiger charge is 2.25. The van der Waals surface area contributed by atoms with Crippen molar-refractivity contribution >= 4 is 11.6 Å². The van der Waals surface area contributed by atoms with E-state index in [0.717, 1.165) is 31.5 Å². The third-order valence-electron chi connectivity index (χ3n) is 4.37. The minimum atomic E-state index is 0.200. The number of carbonyl (C=O) groups excluding carboxylic acids is 1. The molecule has 1 fully saturated rings. The molecule has 1 aliphatic rings. The molecule has 0 saturated heterocycles. The molecule has 1 aromatic carbocycles. The number of hydrogen-bond donors (Lipinski definition) is 1. The quantitative estimate of drug-likeness (QED) is 0.841. The number of benzene rings is 1. The molecule has 1 saturated carbocycles. The number of hydrogen-bond acceptors (Lipinski definition) is 2. The Labute approximate surface area is 128 Å². The third-order valence-corrected chi connectivity index (χ3v) is 4.37. The molecule has 2 N–H and O–H groups in total. The Hall–Kier alpha value is -1.35. The molecule has 116 valence electrons. The standard InChI is InChI=1S/C18H28N2O/c1-15-8-6-11-17(14-15)20(13-7-12-19)18(21)16-9-4-2-3-5-10-16/h6,8,11,14,16H,2-5,7,9-10,12-13,19H2,1H3. The predicted octanol–water partition coefficient (Wildman–Crippen LogP) is 3.65. The first-order valence-corrected chi connectivity index (χ1v) is 8.30.